The molecular weight excluding hydrogens is 314 g/mol. The van der Waals surface area contributed by atoms with Crippen molar-refractivity contribution in [2.45, 2.75) is 32.6 Å². The number of rotatable bonds is 8. The Labute approximate surface area is 148 Å². The Hall–Kier alpha value is -2.66. The minimum absolute atomic E-state index is 0.0216. The highest BCUT2D eigenvalue weighted by Crippen LogP contribution is 2.20. The van der Waals surface area contributed by atoms with Gasteiger partial charge in [-0.25, -0.2) is 0 Å². The van der Waals surface area contributed by atoms with Gasteiger partial charge in [0.05, 0.1) is 0 Å². The fourth-order valence-electron chi connectivity index (χ4n) is 2.48. The van der Waals surface area contributed by atoms with Crippen LogP contribution in [0.2, 0.25) is 0 Å². The maximum atomic E-state index is 12.1. The minimum atomic E-state index is -0.0514. The fourth-order valence-corrected chi connectivity index (χ4v) is 2.48. The molecule has 0 aliphatic carbocycles. The predicted octanol–water partition coefficient (Wildman–Crippen LogP) is 3.24. The summed E-state index contributed by atoms with van der Waals surface area (Å²) in [7, 11) is 0. The third-order valence-electron chi connectivity index (χ3n) is 3.88. The van der Waals surface area contributed by atoms with Crippen LogP contribution < -0.4 is 16.4 Å². The summed E-state index contributed by atoms with van der Waals surface area (Å²) in [6.07, 6.45) is 2.22. The summed E-state index contributed by atoms with van der Waals surface area (Å²) < 4.78 is 0. The number of aryl methyl sites for hydroxylation is 2. The number of nitrogens with one attached hydrogen (secondary N) is 2. The second-order valence-electron chi connectivity index (χ2n) is 6.00. The smallest absolute Gasteiger partial charge is 0.224 e. The molecule has 2 rings (SSSR count). The molecule has 0 radical (unpaired) electrons. The second kappa shape index (κ2) is 9.59. The van der Waals surface area contributed by atoms with Crippen molar-refractivity contribution in [2.24, 2.45) is 5.73 Å². The van der Waals surface area contributed by atoms with Gasteiger partial charge in [-0.1, -0.05) is 30.3 Å². The first kappa shape index (κ1) is 18.7. The van der Waals surface area contributed by atoms with Crippen LogP contribution in [-0.4, -0.2) is 18.4 Å². The summed E-state index contributed by atoms with van der Waals surface area (Å²) in [5.41, 5.74) is 8.94. The Morgan fingerprint density at radius 1 is 0.960 bits per heavy atom. The minimum Gasteiger partial charge on any atom is -0.330 e. The molecule has 0 heterocycles. The van der Waals surface area contributed by atoms with Crippen LogP contribution in [0.1, 0.15) is 30.4 Å². The van der Waals surface area contributed by atoms with Crippen molar-refractivity contribution in [1.82, 2.24) is 0 Å². The van der Waals surface area contributed by atoms with Crippen LogP contribution in [0, 0.1) is 6.92 Å². The molecule has 2 aromatic rings. The molecule has 0 bridgehead atoms. The molecule has 0 atom stereocenters. The lowest BCUT2D eigenvalue weighted by atomic mass is 10.1. The average molecular weight is 339 g/mol. The lowest BCUT2D eigenvalue weighted by molar-refractivity contribution is -0.117. The first-order valence-electron chi connectivity index (χ1n) is 8.53. The summed E-state index contributed by atoms with van der Waals surface area (Å²) >= 11 is 0. The van der Waals surface area contributed by atoms with E-state index in [1.54, 1.807) is 6.07 Å². The number of hydrogen-bond donors (Lipinski definition) is 3. The van der Waals surface area contributed by atoms with E-state index in [-0.39, 0.29) is 11.8 Å². The van der Waals surface area contributed by atoms with Crippen LogP contribution in [0.4, 0.5) is 11.4 Å². The van der Waals surface area contributed by atoms with E-state index >= 15 is 0 Å². The van der Waals surface area contributed by atoms with Crippen molar-refractivity contribution in [2.75, 3.05) is 17.2 Å². The van der Waals surface area contributed by atoms with Gasteiger partial charge >= 0.3 is 0 Å². The SMILES string of the molecule is Cc1cc(NC(=O)CCCN)ccc1NC(=O)CCc1ccccc1. The number of amides is 2. The highest BCUT2D eigenvalue weighted by atomic mass is 16.2. The Kier molecular flexibility index (Phi) is 7.16. The van der Waals surface area contributed by atoms with Gasteiger partial charge in [0, 0.05) is 24.2 Å². The number of benzene rings is 2. The Bertz CT molecular complexity index is 714. The molecule has 132 valence electrons. The monoisotopic (exact) mass is 339 g/mol. The molecule has 0 saturated heterocycles. The number of nitrogens with two attached hydrogens (primary N) is 1. The highest BCUT2D eigenvalue weighted by molar-refractivity contribution is 5.93. The molecule has 4 N–H and O–H groups in total. The van der Waals surface area contributed by atoms with E-state index in [4.69, 9.17) is 5.73 Å². The third kappa shape index (κ3) is 6.39. The van der Waals surface area contributed by atoms with Crippen LogP contribution in [0.3, 0.4) is 0 Å². The molecule has 2 aromatic carbocycles. The van der Waals surface area contributed by atoms with Gasteiger partial charge in [0.1, 0.15) is 0 Å². The van der Waals surface area contributed by atoms with E-state index in [9.17, 15) is 9.59 Å². The van der Waals surface area contributed by atoms with Crippen LogP contribution in [0.5, 0.6) is 0 Å². The predicted molar refractivity (Wildman–Crippen MR) is 101 cm³/mol. The van der Waals surface area contributed by atoms with Gasteiger partial charge in [0.2, 0.25) is 11.8 Å². The number of hydrogen-bond acceptors (Lipinski definition) is 3. The second-order valence-corrected chi connectivity index (χ2v) is 6.00. The normalized spacial score (nSPS) is 10.3. The summed E-state index contributed by atoms with van der Waals surface area (Å²) in [6, 6.07) is 15.4. The molecule has 0 saturated carbocycles. The van der Waals surface area contributed by atoms with Crippen LogP contribution in [-0.2, 0) is 16.0 Å². The molecule has 0 unspecified atom stereocenters. The van der Waals surface area contributed by atoms with Crippen LogP contribution >= 0.6 is 0 Å². The van der Waals surface area contributed by atoms with Gasteiger partial charge in [-0.3, -0.25) is 9.59 Å². The molecule has 0 spiro atoms. The largest absolute Gasteiger partial charge is 0.330 e. The van der Waals surface area contributed by atoms with E-state index in [0.29, 0.717) is 32.2 Å². The topological polar surface area (TPSA) is 84.2 Å². The zero-order valence-electron chi connectivity index (χ0n) is 14.5. The van der Waals surface area contributed by atoms with Crippen molar-refractivity contribution in [3.63, 3.8) is 0 Å². The lowest BCUT2D eigenvalue weighted by Gasteiger charge is -2.11. The highest BCUT2D eigenvalue weighted by Gasteiger charge is 2.07. The first-order valence-corrected chi connectivity index (χ1v) is 8.53. The summed E-state index contributed by atoms with van der Waals surface area (Å²) in [6.45, 7) is 2.41. The van der Waals surface area contributed by atoms with Gasteiger partial charge in [-0.2, -0.15) is 0 Å². The Morgan fingerprint density at radius 3 is 2.36 bits per heavy atom. The van der Waals surface area contributed by atoms with E-state index in [1.165, 1.54) is 0 Å². The van der Waals surface area contributed by atoms with Gasteiger partial charge in [0.15, 0.2) is 0 Å². The standard InChI is InChI=1S/C20H25N3O2/c1-15-14-17(22-19(24)8-5-13-21)10-11-18(15)23-20(25)12-9-16-6-3-2-4-7-16/h2-4,6-7,10-11,14H,5,8-9,12-13,21H2,1H3,(H,22,24)(H,23,25). The Morgan fingerprint density at radius 2 is 1.68 bits per heavy atom. The summed E-state index contributed by atoms with van der Waals surface area (Å²) in [4.78, 5) is 23.9. The number of carbonyl (C=O) groups excluding carboxylic acids is 2. The van der Waals surface area contributed by atoms with E-state index < -0.39 is 0 Å². The van der Waals surface area contributed by atoms with Crippen molar-refractivity contribution in [1.29, 1.82) is 0 Å². The molecule has 0 fully saturated rings. The zero-order valence-corrected chi connectivity index (χ0v) is 14.5. The quantitative estimate of drug-likeness (QED) is 0.690. The molecule has 5 nitrogen and oxygen atoms in total. The molecular formula is C20H25N3O2. The molecule has 5 heteroatoms. The van der Waals surface area contributed by atoms with E-state index in [0.717, 1.165) is 22.5 Å². The molecule has 0 aliphatic rings. The van der Waals surface area contributed by atoms with Crippen molar-refractivity contribution < 1.29 is 9.59 Å². The van der Waals surface area contributed by atoms with Gasteiger partial charge in [0.25, 0.3) is 0 Å². The van der Waals surface area contributed by atoms with E-state index in [2.05, 4.69) is 10.6 Å². The van der Waals surface area contributed by atoms with Crippen molar-refractivity contribution >= 4 is 23.2 Å². The van der Waals surface area contributed by atoms with Crippen molar-refractivity contribution in [3.05, 3.63) is 59.7 Å². The average Bonchev–Trinajstić information content (AvgIpc) is 2.61. The van der Waals surface area contributed by atoms with Gasteiger partial charge in [-0.15, -0.1) is 0 Å². The van der Waals surface area contributed by atoms with Gasteiger partial charge < -0.3 is 16.4 Å². The fraction of sp³-hybridized carbons (Fsp3) is 0.300. The molecule has 0 aromatic heterocycles. The third-order valence-corrected chi connectivity index (χ3v) is 3.88. The van der Waals surface area contributed by atoms with E-state index in [1.807, 2.05) is 49.4 Å². The molecule has 0 aliphatic heterocycles. The van der Waals surface area contributed by atoms with Crippen LogP contribution in [0.15, 0.2) is 48.5 Å². The first-order chi connectivity index (χ1) is 12.1. The summed E-state index contributed by atoms with van der Waals surface area (Å²) in [5.74, 6) is -0.0730. The zero-order chi connectivity index (χ0) is 18.1. The number of carbonyl (C=O) groups is 2. The van der Waals surface area contributed by atoms with Crippen molar-refractivity contribution in [3.8, 4) is 0 Å². The molecule has 2 amide bonds. The maximum absolute atomic E-state index is 12.1. The Balaban J connectivity index is 1.87. The summed E-state index contributed by atoms with van der Waals surface area (Å²) in [5, 5.41) is 5.76. The maximum Gasteiger partial charge on any atom is 0.224 e. The van der Waals surface area contributed by atoms with Crippen LogP contribution in [0.25, 0.3) is 0 Å². The molecule has 25 heavy (non-hydrogen) atoms. The van der Waals surface area contributed by atoms with Gasteiger partial charge in [-0.05, 0) is 55.6 Å². The lowest BCUT2D eigenvalue weighted by Crippen LogP contribution is -2.15. The number of anilines is 2.